The molecule has 0 aromatic heterocycles. The number of aliphatic imine (C=N–C) groups is 1. The molecule has 2 heterocycles. The Morgan fingerprint density at radius 3 is 2.87 bits per heavy atom. The lowest BCUT2D eigenvalue weighted by molar-refractivity contribution is 0.0203. The summed E-state index contributed by atoms with van der Waals surface area (Å²) < 4.78 is 11.2. The summed E-state index contributed by atoms with van der Waals surface area (Å²) >= 11 is 2.06. The number of guanidine groups is 1. The molecule has 1 unspecified atom stereocenters. The molecule has 0 radical (unpaired) electrons. The molecule has 2 saturated heterocycles. The lowest BCUT2D eigenvalue weighted by Crippen LogP contribution is -2.38. The molecule has 2 aliphatic rings. The topological polar surface area (TPSA) is 54.9 Å². The Labute approximate surface area is 145 Å². The first-order chi connectivity index (χ1) is 11.4. The van der Waals surface area contributed by atoms with E-state index in [-0.39, 0.29) is 0 Å². The summed E-state index contributed by atoms with van der Waals surface area (Å²) in [5.41, 5.74) is 0. The molecule has 0 spiro atoms. The fourth-order valence-electron chi connectivity index (χ4n) is 2.87. The van der Waals surface area contributed by atoms with Crippen LogP contribution in [0.2, 0.25) is 0 Å². The van der Waals surface area contributed by atoms with E-state index in [1.54, 1.807) is 0 Å². The first-order valence-electron chi connectivity index (χ1n) is 9.17. The van der Waals surface area contributed by atoms with Gasteiger partial charge >= 0.3 is 0 Å². The van der Waals surface area contributed by atoms with Gasteiger partial charge in [-0.05, 0) is 50.7 Å². The normalized spacial score (nSPS) is 23.2. The number of hydrogen-bond donors (Lipinski definition) is 2. The lowest BCUT2D eigenvalue weighted by atomic mass is 10.0. The second-order valence-corrected chi connectivity index (χ2v) is 7.67. The highest BCUT2D eigenvalue weighted by molar-refractivity contribution is 8.00. The second kappa shape index (κ2) is 12.0. The number of nitrogens with one attached hydrogen (secondary N) is 2. The monoisotopic (exact) mass is 343 g/mol. The lowest BCUT2D eigenvalue weighted by Gasteiger charge is -2.21. The van der Waals surface area contributed by atoms with Crippen LogP contribution in [0, 0.1) is 5.92 Å². The van der Waals surface area contributed by atoms with Crippen molar-refractivity contribution < 1.29 is 9.47 Å². The molecule has 0 amide bonds. The van der Waals surface area contributed by atoms with E-state index < -0.39 is 0 Å². The van der Waals surface area contributed by atoms with Crippen LogP contribution in [0.15, 0.2) is 4.99 Å². The van der Waals surface area contributed by atoms with Crippen LogP contribution in [0.3, 0.4) is 0 Å². The van der Waals surface area contributed by atoms with Crippen LogP contribution < -0.4 is 10.6 Å². The maximum absolute atomic E-state index is 5.80. The minimum atomic E-state index is 0.694. The Morgan fingerprint density at radius 1 is 1.26 bits per heavy atom. The maximum atomic E-state index is 5.80. The third-order valence-corrected chi connectivity index (χ3v) is 5.65. The Balaban J connectivity index is 1.51. The quantitative estimate of drug-likeness (QED) is 0.382. The predicted molar refractivity (Wildman–Crippen MR) is 98.4 cm³/mol. The van der Waals surface area contributed by atoms with Crippen molar-refractivity contribution in [1.29, 1.82) is 0 Å². The van der Waals surface area contributed by atoms with Gasteiger partial charge in [0.1, 0.15) is 0 Å². The zero-order valence-corrected chi connectivity index (χ0v) is 15.3. The summed E-state index contributed by atoms with van der Waals surface area (Å²) in [4.78, 5) is 4.71. The van der Waals surface area contributed by atoms with E-state index in [0.29, 0.717) is 11.2 Å². The van der Waals surface area contributed by atoms with Crippen molar-refractivity contribution in [2.75, 3.05) is 51.8 Å². The summed E-state index contributed by atoms with van der Waals surface area (Å²) in [5, 5.41) is 7.45. The number of thioether (sulfide) groups is 1. The highest BCUT2D eigenvalue weighted by Gasteiger charge is 2.15. The van der Waals surface area contributed by atoms with Crippen LogP contribution in [0.25, 0.3) is 0 Å². The zero-order chi connectivity index (χ0) is 16.2. The average Bonchev–Trinajstić information content (AvgIpc) is 3.10. The average molecular weight is 344 g/mol. The molecular weight excluding hydrogens is 310 g/mol. The fraction of sp³-hybridized carbons (Fsp3) is 0.941. The van der Waals surface area contributed by atoms with E-state index in [0.717, 1.165) is 71.3 Å². The molecule has 0 aliphatic carbocycles. The molecule has 0 aromatic rings. The van der Waals surface area contributed by atoms with Gasteiger partial charge in [-0.3, -0.25) is 4.99 Å². The molecule has 2 N–H and O–H groups in total. The largest absolute Gasteiger partial charge is 0.381 e. The van der Waals surface area contributed by atoms with E-state index >= 15 is 0 Å². The van der Waals surface area contributed by atoms with E-state index in [4.69, 9.17) is 14.5 Å². The second-order valence-electron chi connectivity index (χ2n) is 6.27. The highest BCUT2D eigenvalue weighted by Crippen LogP contribution is 2.25. The van der Waals surface area contributed by atoms with E-state index in [2.05, 4.69) is 29.3 Å². The van der Waals surface area contributed by atoms with E-state index in [9.17, 15) is 0 Å². The maximum Gasteiger partial charge on any atom is 0.191 e. The van der Waals surface area contributed by atoms with Crippen LogP contribution in [0.1, 0.15) is 39.0 Å². The first kappa shape index (κ1) is 18.9. The van der Waals surface area contributed by atoms with Crippen molar-refractivity contribution in [3.05, 3.63) is 0 Å². The van der Waals surface area contributed by atoms with Crippen molar-refractivity contribution in [2.24, 2.45) is 10.9 Å². The first-order valence-corrected chi connectivity index (χ1v) is 10.2. The molecule has 0 aromatic carbocycles. The Hall–Kier alpha value is -0.460. The molecular formula is C17H33N3O2S. The Kier molecular flexibility index (Phi) is 9.83. The van der Waals surface area contributed by atoms with Crippen LogP contribution in [0.4, 0.5) is 0 Å². The summed E-state index contributed by atoms with van der Waals surface area (Å²) in [6, 6.07) is 0. The molecule has 0 saturated carbocycles. The predicted octanol–water partition coefficient (Wildman–Crippen LogP) is 2.27. The highest BCUT2D eigenvalue weighted by atomic mass is 32.2. The van der Waals surface area contributed by atoms with Gasteiger partial charge in [-0.2, -0.15) is 11.8 Å². The van der Waals surface area contributed by atoms with Crippen LogP contribution in [-0.4, -0.2) is 63.0 Å². The molecule has 5 nitrogen and oxygen atoms in total. The number of rotatable bonds is 9. The minimum Gasteiger partial charge on any atom is -0.381 e. The molecule has 2 aliphatic heterocycles. The van der Waals surface area contributed by atoms with Gasteiger partial charge in [-0.15, -0.1) is 0 Å². The molecule has 1 atom stereocenters. The summed E-state index contributed by atoms with van der Waals surface area (Å²) in [6.07, 6.45) is 5.97. The van der Waals surface area contributed by atoms with E-state index in [1.807, 2.05) is 0 Å². The summed E-state index contributed by atoms with van der Waals surface area (Å²) in [5.74, 6) is 2.94. The van der Waals surface area contributed by atoms with Crippen molar-refractivity contribution in [3.8, 4) is 0 Å². The van der Waals surface area contributed by atoms with Gasteiger partial charge in [0.2, 0.25) is 0 Å². The zero-order valence-electron chi connectivity index (χ0n) is 14.5. The minimum absolute atomic E-state index is 0.694. The number of nitrogens with zero attached hydrogens (tertiary/aromatic N) is 1. The third kappa shape index (κ3) is 8.27. The van der Waals surface area contributed by atoms with Gasteiger partial charge in [-0.1, -0.05) is 0 Å². The third-order valence-electron chi connectivity index (χ3n) is 4.27. The van der Waals surface area contributed by atoms with Crippen molar-refractivity contribution in [1.82, 2.24) is 10.6 Å². The molecule has 2 fully saturated rings. The molecule has 0 bridgehead atoms. The molecule has 23 heavy (non-hydrogen) atoms. The van der Waals surface area contributed by atoms with Crippen LogP contribution >= 0.6 is 11.8 Å². The number of hydrogen-bond acceptors (Lipinski definition) is 4. The SMILES string of the molecule is CCNC(=NCC1CCCS1)NCCCOCC1CCOCC1. The Morgan fingerprint density at radius 2 is 2.13 bits per heavy atom. The van der Waals surface area contributed by atoms with Crippen LogP contribution in [-0.2, 0) is 9.47 Å². The standard InChI is InChI=1S/C17H33N3O2S/c1-2-18-17(20-13-16-5-3-12-23-16)19-8-4-9-22-14-15-6-10-21-11-7-15/h15-16H,2-14H2,1H3,(H2,18,19,20). The van der Waals surface area contributed by atoms with E-state index in [1.165, 1.54) is 18.6 Å². The molecule has 2 rings (SSSR count). The summed E-state index contributed by atoms with van der Waals surface area (Å²) in [7, 11) is 0. The fourth-order valence-corrected chi connectivity index (χ4v) is 4.05. The van der Waals surface area contributed by atoms with Gasteiger partial charge in [0.25, 0.3) is 0 Å². The van der Waals surface area contributed by atoms with Gasteiger partial charge in [-0.25, -0.2) is 0 Å². The van der Waals surface area contributed by atoms with Gasteiger partial charge < -0.3 is 20.1 Å². The Bertz CT molecular complexity index is 330. The van der Waals surface area contributed by atoms with Gasteiger partial charge in [0.15, 0.2) is 5.96 Å². The van der Waals surface area contributed by atoms with Crippen molar-refractivity contribution >= 4 is 17.7 Å². The van der Waals surface area contributed by atoms with Crippen LogP contribution in [0.5, 0.6) is 0 Å². The van der Waals surface area contributed by atoms with Crippen molar-refractivity contribution in [2.45, 2.75) is 44.3 Å². The molecule has 134 valence electrons. The smallest absolute Gasteiger partial charge is 0.191 e. The van der Waals surface area contributed by atoms with Gasteiger partial charge in [0.05, 0.1) is 6.54 Å². The van der Waals surface area contributed by atoms with Crippen molar-refractivity contribution in [3.63, 3.8) is 0 Å². The number of ether oxygens (including phenoxy) is 2. The summed E-state index contributed by atoms with van der Waals surface area (Å²) in [6.45, 7) is 8.37. The molecule has 6 heteroatoms. The van der Waals surface area contributed by atoms with Gasteiger partial charge in [0, 0.05) is 44.8 Å².